The highest BCUT2D eigenvalue weighted by atomic mass is 16.8. The first-order valence-corrected chi connectivity index (χ1v) is 23.3. The fourth-order valence-corrected chi connectivity index (χ4v) is 8.64. The van der Waals surface area contributed by atoms with Crippen molar-refractivity contribution in [3.05, 3.63) is 11.8 Å². The largest absolute Gasteiger partial charge is 0.493 e. The van der Waals surface area contributed by atoms with Gasteiger partial charge in [-0.1, -0.05) is 25.7 Å². The van der Waals surface area contributed by atoms with E-state index >= 15 is 0 Å². The van der Waals surface area contributed by atoms with E-state index in [0.29, 0.717) is 25.7 Å². The van der Waals surface area contributed by atoms with Crippen LogP contribution >= 0.6 is 0 Å². The van der Waals surface area contributed by atoms with Gasteiger partial charge >= 0.3 is 17.9 Å². The zero-order valence-corrected chi connectivity index (χ0v) is 39.2. The summed E-state index contributed by atoms with van der Waals surface area (Å²) in [6, 6.07) is -3.57. The molecule has 30 nitrogen and oxygen atoms in total. The van der Waals surface area contributed by atoms with Crippen molar-refractivity contribution in [2.75, 3.05) is 33.5 Å². The average molecular weight is 1050 g/mol. The topological polar surface area (TPSA) is 481 Å². The molecule has 4 fully saturated rings. The summed E-state index contributed by atoms with van der Waals surface area (Å²) in [5.74, 6) is -7.46. The quantitative estimate of drug-likeness (QED) is 0.0338. The van der Waals surface area contributed by atoms with Crippen LogP contribution in [-0.2, 0) is 52.2 Å². The van der Waals surface area contributed by atoms with Crippen LogP contribution in [0.1, 0.15) is 68.8 Å². The third-order valence-corrected chi connectivity index (χ3v) is 12.8. The maximum Gasteiger partial charge on any atom is 0.364 e. The molecular weight excluding hydrogens is 976 g/mol. The molecule has 412 valence electrons. The van der Waals surface area contributed by atoms with E-state index in [1.165, 1.54) is 14.0 Å². The number of hydrogen-bond donors (Lipinski definition) is 16. The second kappa shape index (κ2) is 26.7. The van der Waals surface area contributed by atoms with E-state index in [9.17, 15) is 85.9 Å². The van der Waals surface area contributed by atoms with Crippen LogP contribution in [0.15, 0.2) is 6.07 Å². The van der Waals surface area contributed by atoms with Crippen molar-refractivity contribution >= 4 is 17.8 Å². The van der Waals surface area contributed by atoms with Gasteiger partial charge in [-0.05, 0) is 19.8 Å². The van der Waals surface area contributed by atoms with Crippen LogP contribution in [0.4, 0.5) is 0 Å². The summed E-state index contributed by atoms with van der Waals surface area (Å²) in [7, 11) is 1.30. The number of nitrogens with two attached hydrogens (primary N) is 1. The Labute approximate surface area is 410 Å². The van der Waals surface area contributed by atoms with Crippen LogP contribution in [0.5, 0.6) is 11.9 Å². The summed E-state index contributed by atoms with van der Waals surface area (Å²) in [6.45, 7) is -1.91. The smallest absolute Gasteiger partial charge is 0.364 e. The highest BCUT2D eigenvalue weighted by molar-refractivity contribution is 5.92. The Morgan fingerprint density at radius 2 is 1.43 bits per heavy atom. The number of carbonyl (C=O) groups is 3. The van der Waals surface area contributed by atoms with Crippen molar-refractivity contribution in [1.29, 1.82) is 0 Å². The molecule has 0 aromatic carbocycles. The lowest BCUT2D eigenvalue weighted by atomic mass is 9.88. The maximum atomic E-state index is 13.9. The van der Waals surface area contributed by atoms with E-state index in [1.807, 2.05) is 0 Å². The monoisotopic (exact) mass is 1040 g/mol. The van der Waals surface area contributed by atoms with E-state index < -0.39 is 184 Å². The number of aliphatic carboxylic acids is 1. The highest BCUT2D eigenvalue weighted by Crippen LogP contribution is 2.39. The van der Waals surface area contributed by atoms with Crippen molar-refractivity contribution in [2.45, 2.75) is 187 Å². The molecular formula is C42H68N4O26. The van der Waals surface area contributed by atoms with E-state index in [-0.39, 0.29) is 19.0 Å². The number of aliphatic hydroxyl groups excluding tert-OH is 11. The number of ether oxygens (including phenoxy) is 9. The third kappa shape index (κ3) is 14.2. The van der Waals surface area contributed by atoms with E-state index in [4.69, 9.17) is 43.6 Å². The highest BCUT2D eigenvalue weighted by Gasteiger charge is 2.60. The van der Waals surface area contributed by atoms with E-state index in [1.54, 1.807) is 0 Å². The number of esters is 1. The van der Waals surface area contributed by atoms with Crippen LogP contribution in [0.3, 0.4) is 0 Å². The zero-order chi connectivity index (χ0) is 53.2. The van der Waals surface area contributed by atoms with E-state index in [0.717, 1.165) is 18.9 Å². The van der Waals surface area contributed by atoms with Gasteiger partial charge in [-0.25, -0.2) is 4.79 Å². The summed E-state index contributed by atoms with van der Waals surface area (Å²) < 4.78 is 52.2. The lowest BCUT2D eigenvalue weighted by Gasteiger charge is -2.51. The third-order valence-electron chi connectivity index (χ3n) is 12.8. The first-order chi connectivity index (χ1) is 34.1. The van der Waals surface area contributed by atoms with Gasteiger partial charge < -0.3 is 125 Å². The fourth-order valence-electron chi connectivity index (χ4n) is 8.64. The Morgan fingerprint density at radius 1 is 0.806 bits per heavy atom. The maximum absolute atomic E-state index is 13.9. The van der Waals surface area contributed by atoms with Gasteiger partial charge in [0.05, 0.1) is 45.2 Å². The van der Waals surface area contributed by atoms with Crippen LogP contribution in [0.2, 0.25) is 0 Å². The Hall–Kier alpha value is -3.71. The Kier molecular flexibility index (Phi) is 21.9. The summed E-state index contributed by atoms with van der Waals surface area (Å²) >= 11 is 0. The van der Waals surface area contributed by atoms with Crippen LogP contribution in [0.25, 0.3) is 0 Å². The van der Waals surface area contributed by atoms with Crippen molar-refractivity contribution < 1.29 is 129 Å². The predicted molar refractivity (Wildman–Crippen MR) is 230 cm³/mol. The second-order valence-corrected chi connectivity index (χ2v) is 17.9. The fraction of sp³-hybridized carbons (Fsp3) is 0.833. The van der Waals surface area contributed by atoms with Gasteiger partial charge in [0, 0.05) is 25.5 Å². The summed E-state index contributed by atoms with van der Waals surface area (Å²) in [6.07, 6.45) is -31.6. The number of aromatic hydroxyl groups is 2. The van der Waals surface area contributed by atoms with Gasteiger partial charge in [0.1, 0.15) is 91.1 Å². The molecule has 4 aliphatic rings. The van der Waals surface area contributed by atoms with Crippen molar-refractivity contribution in [2.24, 2.45) is 5.73 Å². The van der Waals surface area contributed by atoms with Gasteiger partial charge in [-0.3, -0.25) is 9.59 Å². The molecule has 17 N–H and O–H groups in total. The normalized spacial score (nSPS) is 38.1. The number of methoxy groups -OCH3 is 1. The molecule has 72 heavy (non-hydrogen) atoms. The number of aromatic nitrogens is 2. The molecule has 1 amide bonds. The molecule has 5 heterocycles. The van der Waals surface area contributed by atoms with Crippen LogP contribution in [-0.4, -0.2) is 261 Å². The number of unbranched alkanes of at least 4 members (excludes halogenated alkanes) is 5. The number of hydrogen-bond acceptors (Lipinski definition) is 28. The first kappa shape index (κ1) is 59.2. The molecule has 30 heteroatoms. The molecule has 0 bridgehead atoms. The Balaban J connectivity index is 1.50. The zero-order valence-electron chi connectivity index (χ0n) is 39.2. The summed E-state index contributed by atoms with van der Waals surface area (Å²) in [5.41, 5.74) is 5.35. The number of nitrogens with one attached hydrogen (secondary N) is 1. The number of aliphatic hydroxyl groups is 11. The predicted octanol–water partition coefficient (Wildman–Crippen LogP) is -6.98. The van der Waals surface area contributed by atoms with Crippen LogP contribution < -0.4 is 11.1 Å². The lowest BCUT2D eigenvalue weighted by Crippen LogP contribution is -2.71. The van der Waals surface area contributed by atoms with Crippen molar-refractivity contribution in [3.63, 3.8) is 0 Å². The lowest BCUT2D eigenvalue weighted by molar-refractivity contribution is -0.390. The number of amides is 1. The SMILES string of the molecule is COC(=O)CCCCCCCCOC1OC(CO)C(OC2OC(CO)C(O)C(OC3(C(=O)O)CC(O)C(N)C([C@H](O)[C@H](O)CO)O3)C2O)C(OC2OC(C)C(O)C(O)C2O)C1NC(=O)c1cc(O)nc(O)n1. The van der Waals surface area contributed by atoms with E-state index in [2.05, 4.69) is 20.0 Å². The van der Waals surface area contributed by atoms with Gasteiger partial charge in [-0.15, -0.1) is 0 Å². The Morgan fingerprint density at radius 3 is 2.06 bits per heavy atom. The molecule has 19 unspecified atom stereocenters. The number of carboxylic acids is 1. The van der Waals surface area contributed by atoms with Crippen molar-refractivity contribution in [1.82, 2.24) is 15.3 Å². The molecule has 21 atom stereocenters. The van der Waals surface area contributed by atoms with Gasteiger partial charge in [0.2, 0.25) is 5.88 Å². The summed E-state index contributed by atoms with van der Waals surface area (Å²) in [4.78, 5) is 45.3. The number of nitrogens with zero attached hydrogens (tertiary/aromatic N) is 2. The standard InChI is InChI=1S/C42H68N4O26/c1-16-26(54)29(57)30(58)38(66-16)70-34-25(46-36(60)17-11-22(52)45-41(63)44-17)37(65-10-8-6-4-3-5-7-9-23(53)64-2)68-21(15-49)32(34)69-39-31(59)35(28(56)20(14-48)67-39)72-42(40(61)62)12-18(50)24(43)33(71-42)27(55)19(51)13-47/h11,16,18-21,24-35,37-39,47-51,54-59H,3-10,12-15,43H2,1-2H3,(H,46,60)(H,61,62)(H2,44,45,52,63)/t16?,18?,19-,20?,21?,24?,25?,26?,27-,28?,29?,30?,31?,32?,33?,34?,35?,37?,38?,39?,42?/m1/s1. The summed E-state index contributed by atoms with van der Waals surface area (Å²) in [5, 5.41) is 151. The molecule has 0 radical (unpaired) electrons. The molecule has 0 saturated carbocycles. The minimum Gasteiger partial charge on any atom is -0.493 e. The molecule has 5 rings (SSSR count). The van der Waals surface area contributed by atoms with Gasteiger partial charge in [-0.2, -0.15) is 9.97 Å². The molecule has 0 aliphatic carbocycles. The molecule has 4 saturated heterocycles. The second-order valence-electron chi connectivity index (χ2n) is 17.9. The van der Waals surface area contributed by atoms with Crippen LogP contribution in [0, 0.1) is 0 Å². The average Bonchev–Trinajstić information content (AvgIpc) is 3.35. The molecule has 1 aromatic rings. The molecule has 1 aromatic heterocycles. The van der Waals surface area contributed by atoms with Gasteiger partial charge in [0.25, 0.3) is 11.7 Å². The minimum atomic E-state index is -3.11. The number of rotatable bonds is 24. The minimum absolute atomic E-state index is 0.0848. The molecule has 0 spiro atoms. The first-order valence-electron chi connectivity index (χ1n) is 23.3. The molecule has 4 aliphatic heterocycles. The number of carboxylic acid groups (broad SMARTS) is 1. The Bertz CT molecular complexity index is 1880. The van der Waals surface area contributed by atoms with Gasteiger partial charge in [0.15, 0.2) is 18.9 Å². The number of carbonyl (C=O) groups excluding carboxylic acids is 2. The van der Waals surface area contributed by atoms with Crippen molar-refractivity contribution in [3.8, 4) is 11.9 Å².